The standard InChI is InChI=1S/C24H25N3O3/c1-4-17(3)27-24(28)21(15-26)12-18-10-11-22(23(13-18)29-5-2)30-16-20-9-7-6-8-19(20)14-25/h6-13,17H,4-5,16H2,1-3H3,(H,27,28)/b21-12+/t17-/m1/s1. The molecule has 30 heavy (non-hydrogen) atoms. The summed E-state index contributed by atoms with van der Waals surface area (Å²) >= 11 is 0. The molecule has 0 bridgehead atoms. The topological polar surface area (TPSA) is 95.1 Å². The highest BCUT2D eigenvalue weighted by Crippen LogP contribution is 2.30. The molecule has 2 rings (SSSR count). The van der Waals surface area contributed by atoms with Crippen molar-refractivity contribution in [2.45, 2.75) is 39.8 Å². The van der Waals surface area contributed by atoms with Gasteiger partial charge in [-0.05, 0) is 50.1 Å². The third-order valence-electron chi connectivity index (χ3n) is 4.45. The first kappa shape index (κ1) is 22.5. The van der Waals surface area contributed by atoms with Gasteiger partial charge in [0.2, 0.25) is 0 Å². The van der Waals surface area contributed by atoms with Gasteiger partial charge in [-0.15, -0.1) is 0 Å². The summed E-state index contributed by atoms with van der Waals surface area (Å²) < 4.78 is 11.6. The fourth-order valence-corrected chi connectivity index (χ4v) is 2.63. The predicted molar refractivity (Wildman–Crippen MR) is 115 cm³/mol. The van der Waals surface area contributed by atoms with Gasteiger partial charge in [0.1, 0.15) is 18.2 Å². The predicted octanol–water partition coefficient (Wildman–Crippen LogP) is 4.36. The van der Waals surface area contributed by atoms with E-state index in [-0.39, 0.29) is 18.2 Å². The molecule has 0 saturated carbocycles. The molecule has 0 heterocycles. The van der Waals surface area contributed by atoms with Crippen molar-refractivity contribution in [1.82, 2.24) is 5.32 Å². The summed E-state index contributed by atoms with van der Waals surface area (Å²) in [5.41, 5.74) is 2.01. The molecule has 6 nitrogen and oxygen atoms in total. The minimum Gasteiger partial charge on any atom is -0.490 e. The van der Waals surface area contributed by atoms with E-state index in [0.29, 0.717) is 29.2 Å². The molecule has 154 valence electrons. The first-order valence-electron chi connectivity index (χ1n) is 9.82. The van der Waals surface area contributed by atoms with Gasteiger partial charge < -0.3 is 14.8 Å². The molecule has 0 aliphatic carbocycles. The minimum atomic E-state index is -0.404. The first-order valence-corrected chi connectivity index (χ1v) is 9.82. The molecule has 0 aliphatic rings. The van der Waals surface area contributed by atoms with Crippen LogP contribution >= 0.6 is 0 Å². The van der Waals surface area contributed by atoms with Crippen LogP contribution in [0.2, 0.25) is 0 Å². The monoisotopic (exact) mass is 403 g/mol. The molecule has 2 aromatic carbocycles. The fraction of sp³-hybridized carbons (Fsp3) is 0.292. The van der Waals surface area contributed by atoms with Crippen LogP contribution < -0.4 is 14.8 Å². The second kappa shape index (κ2) is 11.3. The minimum absolute atomic E-state index is 0.0136. The molecule has 0 spiro atoms. The van der Waals surface area contributed by atoms with Crippen molar-refractivity contribution in [1.29, 1.82) is 10.5 Å². The number of ether oxygens (including phenoxy) is 2. The van der Waals surface area contributed by atoms with Crippen molar-refractivity contribution in [2.75, 3.05) is 6.61 Å². The van der Waals surface area contributed by atoms with Gasteiger partial charge in [-0.2, -0.15) is 10.5 Å². The Kier molecular flexibility index (Phi) is 8.47. The molecular weight excluding hydrogens is 378 g/mol. The van der Waals surface area contributed by atoms with Crippen molar-refractivity contribution in [3.05, 3.63) is 64.7 Å². The number of carbonyl (C=O) groups is 1. The lowest BCUT2D eigenvalue weighted by molar-refractivity contribution is -0.117. The van der Waals surface area contributed by atoms with E-state index < -0.39 is 5.91 Å². The second-order valence-corrected chi connectivity index (χ2v) is 6.65. The lowest BCUT2D eigenvalue weighted by Gasteiger charge is -2.14. The van der Waals surface area contributed by atoms with Gasteiger partial charge in [-0.3, -0.25) is 4.79 Å². The molecule has 0 fully saturated rings. The average molecular weight is 403 g/mol. The Morgan fingerprint density at radius 2 is 1.90 bits per heavy atom. The van der Waals surface area contributed by atoms with Crippen molar-refractivity contribution < 1.29 is 14.3 Å². The van der Waals surface area contributed by atoms with Crippen LogP contribution in [0.5, 0.6) is 11.5 Å². The normalized spacial score (nSPS) is 11.7. The van der Waals surface area contributed by atoms with Gasteiger partial charge in [0, 0.05) is 11.6 Å². The number of nitriles is 2. The number of nitrogens with one attached hydrogen (secondary N) is 1. The highest BCUT2D eigenvalue weighted by Gasteiger charge is 2.13. The molecule has 2 aromatic rings. The largest absolute Gasteiger partial charge is 0.490 e. The molecule has 0 aliphatic heterocycles. The summed E-state index contributed by atoms with van der Waals surface area (Å²) in [6, 6.07) is 16.5. The number of hydrogen-bond acceptors (Lipinski definition) is 5. The van der Waals surface area contributed by atoms with E-state index in [4.69, 9.17) is 9.47 Å². The van der Waals surface area contributed by atoms with Crippen LogP contribution in [-0.2, 0) is 11.4 Å². The maximum atomic E-state index is 12.3. The van der Waals surface area contributed by atoms with Crippen LogP contribution in [0.4, 0.5) is 0 Å². The van der Waals surface area contributed by atoms with Crippen LogP contribution in [-0.4, -0.2) is 18.6 Å². The maximum Gasteiger partial charge on any atom is 0.262 e. The van der Waals surface area contributed by atoms with E-state index in [0.717, 1.165) is 12.0 Å². The number of hydrogen-bond donors (Lipinski definition) is 1. The molecule has 0 radical (unpaired) electrons. The zero-order valence-corrected chi connectivity index (χ0v) is 17.4. The summed E-state index contributed by atoms with van der Waals surface area (Å²) in [5, 5.41) is 21.4. The lowest BCUT2D eigenvalue weighted by atomic mass is 10.1. The Bertz CT molecular complexity index is 999. The number of amides is 1. The third-order valence-corrected chi connectivity index (χ3v) is 4.45. The highest BCUT2D eigenvalue weighted by atomic mass is 16.5. The van der Waals surface area contributed by atoms with E-state index in [1.807, 2.05) is 39.0 Å². The molecule has 0 aromatic heterocycles. The first-order chi connectivity index (χ1) is 14.5. The molecule has 0 saturated heterocycles. The van der Waals surface area contributed by atoms with Crippen LogP contribution in [0.3, 0.4) is 0 Å². The fourth-order valence-electron chi connectivity index (χ4n) is 2.63. The van der Waals surface area contributed by atoms with Crippen LogP contribution in [0.15, 0.2) is 48.0 Å². The molecular formula is C24H25N3O3. The summed E-state index contributed by atoms with van der Waals surface area (Å²) in [7, 11) is 0. The van der Waals surface area contributed by atoms with Crippen LogP contribution in [0.25, 0.3) is 6.08 Å². The number of nitrogens with zero attached hydrogens (tertiary/aromatic N) is 2. The van der Waals surface area contributed by atoms with E-state index in [2.05, 4.69) is 11.4 Å². The van der Waals surface area contributed by atoms with Gasteiger partial charge in [-0.1, -0.05) is 31.2 Å². The Labute approximate surface area is 177 Å². The Morgan fingerprint density at radius 3 is 2.57 bits per heavy atom. The van der Waals surface area contributed by atoms with Gasteiger partial charge in [0.05, 0.1) is 18.2 Å². The number of carbonyl (C=O) groups excluding carboxylic acids is 1. The Balaban J connectivity index is 2.24. The SMILES string of the molecule is CCOc1cc(/C=C(\C#N)C(=O)N[C@H](C)CC)ccc1OCc1ccccc1C#N. The van der Waals surface area contributed by atoms with Crippen LogP contribution in [0, 0.1) is 22.7 Å². The zero-order chi connectivity index (χ0) is 21.9. The molecule has 0 unspecified atom stereocenters. The summed E-state index contributed by atoms with van der Waals surface area (Å²) in [6.07, 6.45) is 2.30. The lowest BCUT2D eigenvalue weighted by Crippen LogP contribution is -2.32. The van der Waals surface area contributed by atoms with Gasteiger partial charge >= 0.3 is 0 Å². The smallest absolute Gasteiger partial charge is 0.262 e. The van der Waals surface area contributed by atoms with Crippen LogP contribution in [0.1, 0.15) is 43.9 Å². The number of rotatable bonds is 9. The van der Waals surface area contributed by atoms with Crippen molar-refractivity contribution in [3.63, 3.8) is 0 Å². The van der Waals surface area contributed by atoms with E-state index >= 15 is 0 Å². The van der Waals surface area contributed by atoms with Crippen molar-refractivity contribution in [2.24, 2.45) is 0 Å². The van der Waals surface area contributed by atoms with E-state index in [1.165, 1.54) is 6.08 Å². The van der Waals surface area contributed by atoms with Gasteiger partial charge in [0.15, 0.2) is 11.5 Å². The molecule has 1 N–H and O–H groups in total. The summed E-state index contributed by atoms with van der Waals surface area (Å²) in [5.74, 6) is 0.614. The number of benzene rings is 2. The van der Waals surface area contributed by atoms with E-state index in [9.17, 15) is 15.3 Å². The van der Waals surface area contributed by atoms with Crippen molar-refractivity contribution in [3.8, 4) is 23.6 Å². The second-order valence-electron chi connectivity index (χ2n) is 6.65. The molecule has 1 amide bonds. The van der Waals surface area contributed by atoms with E-state index in [1.54, 1.807) is 30.3 Å². The Morgan fingerprint density at radius 1 is 1.13 bits per heavy atom. The summed E-state index contributed by atoms with van der Waals surface area (Å²) in [4.78, 5) is 12.3. The maximum absolute atomic E-state index is 12.3. The van der Waals surface area contributed by atoms with Crippen molar-refractivity contribution >= 4 is 12.0 Å². The quantitative estimate of drug-likeness (QED) is 0.496. The zero-order valence-electron chi connectivity index (χ0n) is 17.4. The average Bonchev–Trinajstić information content (AvgIpc) is 2.77. The van der Waals surface area contributed by atoms with Gasteiger partial charge in [-0.25, -0.2) is 0 Å². The summed E-state index contributed by atoms with van der Waals surface area (Å²) in [6.45, 7) is 6.36. The Hall–Kier alpha value is -3.77. The highest BCUT2D eigenvalue weighted by molar-refractivity contribution is 6.01. The molecule has 6 heteroatoms. The van der Waals surface area contributed by atoms with Gasteiger partial charge in [0.25, 0.3) is 5.91 Å². The molecule has 1 atom stereocenters. The third kappa shape index (κ3) is 6.12.